The van der Waals surface area contributed by atoms with E-state index in [2.05, 4.69) is 18.5 Å². The Morgan fingerprint density at radius 2 is 1.96 bits per heavy atom. The zero-order chi connectivity index (χ0) is 19.1. The Bertz CT molecular complexity index is 647. The van der Waals surface area contributed by atoms with Crippen molar-refractivity contribution in [1.29, 1.82) is 0 Å². The summed E-state index contributed by atoms with van der Waals surface area (Å²) in [6, 6.07) is 3.17. The van der Waals surface area contributed by atoms with E-state index in [9.17, 15) is 4.79 Å². The molecule has 1 amide bonds. The lowest BCUT2D eigenvalue weighted by Crippen LogP contribution is -2.35. The van der Waals surface area contributed by atoms with Gasteiger partial charge in [-0.15, -0.1) is 0 Å². The highest BCUT2D eigenvalue weighted by atomic mass is 16.5. The summed E-state index contributed by atoms with van der Waals surface area (Å²) in [5, 5.41) is 2.88. The highest BCUT2D eigenvalue weighted by Crippen LogP contribution is 2.42. The number of carbonyl (C=O) groups excluding carboxylic acids is 1. The average molecular weight is 363 g/mol. The quantitative estimate of drug-likeness (QED) is 0.716. The lowest BCUT2D eigenvalue weighted by molar-refractivity contribution is 0.144. The molecule has 0 aromatic heterocycles. The molecule has 1 aromatic carbocycles. The maximum atomic E-state index is 12.1. The van der Waals surface area contributed by atoms with Gasteiger partial charge in [-0.3, -0.25) is 0 Å². The summed E-state index contributed by atoms with van der Waals surface area (Å²) in [5.74, 6) is 1.37. The van der Waals surface area contributed by atoms with Crippen molar-refractivity contribution in [3.05, 3.63) is 42.5 Å². The average Bonchev–Trinajstić information content (AvgIpc) is 3.08. The summed E-state index contributed by atoms with van der Waals surface area (Å²) in [6.07, 6.45) is 0.953. The summed E-state index contributed by atoms with van der Waals surface area (Å²) >= 11 is 0. The molecule has 1 saturated heterocycles. The molecule has 7 heteroatoms. The SMILES string of the molecule is C=CCOC(=O)N[C@@H](c1cc(OC)c(OC)c(OC)c1)[C@H]1COCC1=C. The van der Waals surface area contributed by atoms with Gasteiger partial charge >= 0.3 is 6.09 Å². The zero-order valence-corrected chi connectivity index (χ0v) is 15.4. The number of hydrogen-bond donors (Lipinski definition) is 1. The van der Waals surface area contributed by atoms with Crippen LogP contribution >= 0.6 is 0 Å². The van der Waals surface area contributed by atoms with Crippen molar-refractivity contribution in [2.24, 2.45) is 5.92 Å². The van der Waals surface area contributed by atoms with Crippen LogP contribution in [-0.2, 0) is 9.47 Å². The minimum atomic E-state index is -0.552. The first-order chi connectivity index (χ1) is 12.5. The second-order valence-electron chi connectivity index (χ2n) is 5.75. The summed E-state index contributed by atoms with van der Waals surface area (Å²) in [6.45, 7) is 8.61. The largest absolute Gasteiger partial charge is 0.493 e. The van der Waals surface area contributed by atoms with Crippen LogP contribution in [-0.4, -0.2) is 47.2 Å². The molecule has 7 nitrogen and oxygen atoms in total. The molecule has 0 bridgehead atoms. The monoisotopic (exact) mass is 363 g/mol. The lowest BCUT2D eigenvalue weighted by atomic mass is 9.89. The number of carbonyl (C=O) groups is 1. The summed E-state index contributed by atoms with van der Waals surface area (Å²) < 4.78 is 26.8. The van der Waals surface area contributed by atoms with Gasteiger partial charge < -0.3 is 29.0 Å². The van der Waals surface area contributed by atoms with Gasteiger partial charge in [-0.1, -0.05) is 19.2 Å². The van der Waals surface area contributed by atoms with Gasteiger partial charge in [0.1, 0.15) is 6.61 Å². The molecule has 0 spiro atoms. The molecule has 0 aliphatic carbocycles. The highest BCUT2D eigenvalue weighted by Gasteiger charge is 2.33. The van der Waals surface area contributed by atoms with E-state index in [-0.39, 0.29) is 12.5 Å². The first kappa shape index (κ1) is 19.7. The molecule has 2 atom stereocenters. The molecule has 1 N–H and O–H groups in total. The third-order valence-electron chi connectivity index (χ3n) is 4.16. The van der Waals surface area contributed by atoms with E-state index >= 15 is 0 Å². The van der Waals surface area contributed by atoms with Crippen LogP contribution in [0.1, 0.15) is 11.6 Å². The zero-order valence-electron chi connectivity index (χ0n) is 15.4. The lowest BCUT2D eigenvalue weighted by Gasteiger charge is -2.26. The normalized spacial score (nSPS) is 17.3. The molecule has 0 radical (unpaired) electrons. The molecular weight excluding hydrogens is 338 g/mol. The van der Waals surface area contributed by atoms with Gasteiger partial charge in [0.15, 0.2) is 11.5 Å². The van der Waals surface area contributed by atoms with Crippen LogP contribution in [0.3, 0.4) is 0 Å². The smallest absolute Gasteiger partial charge is 0.407 e. The third-order valence-corrected chi connectivity index (χ3v) is 4.16. The standard InChI is InChI=1S/C19H25NO6/c1-6-7-26-19(21)20-17(14-11-25-10-12(14)2)13-8-15(22-3)18(24-5)16(9-13)23-4/h6,8-9,14,17H,1-2,7,10-11H2,3-5H3,(H,20,21)/t14-,17-/m0/s1. The second-order valence-corrected chi connectivity index (χ2v) is 5.75. The van der Waals surface area contributed by atoms with Gasteiger partial charge in [-0.05, 0) is 23.3 Å². The number of methoxy groups -OCH3 is 3. The van der Waals surface area contributed by atoms with Crippen molar-refractivity contribution in [3.63, 3.8) is 0 Å². The van der Waals surface area contributed by atoms with E-state index in [4.69, 9.17) is 23.7 Å². The third kappa shape index (κ3) is 4.29. The first-order valence-corrected chi connectivity index (χ1v) is 8.15. The van der Waals surface area contributed by atoms with Crippen LogP contribution in [0.5, 0.6) is 17.2 Å². The maximum absolute atomic E-state index is 12.1. The molecule has 26 heavy (non-hydrogen) atoms. The Hall–Kier alpha value is -2.67. The number of nitrogens with one attached hydrogen (secondary N) is 1. The molecule has 1 aliphatic heterocycles. The van der Waals surface area contributed by atoms with Gasteiger partial charge in [0.25, 0.3) is 0 Å². The predicted molar refractivity (Wildman–Crippen MR) is 97.0 cm³/mol. The molecule has 1 heterocycles. The van der Waals surface area contributed by atoms with Crippen molar-refractivity contribution in [1.82, 2.24) is 5.32 Å². The Morgan fingerprint density at radius 1 is 1.31 bits per heavy atom. The Balaban J connectivity index is 2.42. The minimum Gasteiger partial charge on any atom is -0.493 e. The molecule has 1 fully saturated rings. The van der Waals surface area contributed by atoms with Crippen LogP contribution in [0.15, 0.2) is 36.9 Å². The van der Waals surface area contributed by atoms with Crippen LogP contribution in [0.25, 0.3) is 0 Å². The summed E-state index contributed by atoms with van der Waals surface area (Å²) in [7, 11) is 4.62. The summed E-state index contributed by atoms with van der Waals surface area (Å²) in [5.41, 5.74) is 1.67. The number of benzene rings is 1. The van der Waals surface area contributed by atoms with Gasteiger partial charge in [-0.2, -0.15) is 0 Å². The molecule has 0 unspecified atom stereocenters. The fourth-order valence-corrected chi connectivity index (χ4v) is 2.87. The molecule has 1 aliphatic rings. The maximum Gasteiger partial charge on any atom is 0.407 e. The van der Waals surface area contributed by atoms with Crippen molar-refractivity contribution < 1.29 is 28.5 Å². The number of ether oxygens (including phenoxy) is 5. The molecule has 142 valence electrons. The van der Waals surface area contributed by atoms with Gasteiger partial charge in [0.2, 0.25) is 5.75 Å². The van der Waals surface area contributed by atoms with E-state index in [1.165, 1.54) is 13.2 Å². The van der Waals surface area contributed by atoms with Crippen LogP contribution in [0.2, 0.25) is 0 Å². The van der Waals surface area contributed by atoms with E-state index in [0.29, 0.717) is 30.5 Å². The first-order valence-electron chi connectivity index (χ1n) is 8.15. The van der Waals surface area contributed by atoms with Crippen LogP contribution in [0, 0.1) is 5.92 Å². The van der Waals surface area contributed by atoms with Crippen molar-refractivity contribution >= 4 is 6.09 Å². The fraction of sp³-hybridized carbons (Fsp3) is 0.421. The summed E-state index contributed by atoms with van der Waals surface area (Å²) in [4.78, 5) is 12.1. The van der Waals surface area contributed by atoms with E-state index < -0.39 is 12.1 Å². The van der Waals surface area contributed by atoms with Gasteiger partial charge in [0, 0.05) is 5.92 Å². The highest BCUT2D eigenvalue weighted by molar-refractivity contribution is 5.68. The second kappa shape index (κ2) is 9.15. The van der Waals surface area contributed by atoms with Gasteiger partial charge in [0.05, 0.1) is 40.6 Å². The fourth-order valence-electron chi connectivity index (χ4n) is 2.87. The van der Waals surface area contributed by atoms with Crippen LogP contribution < -0.4 is 19.5 Å². The van der Waals surface area contributed by atoms with Crippen molar-refractivity contribution in [2.75, 3.05) is 41.2 Å². The number of amides is 1. The van der Waals surface area contributed by atoms with E-state index in [0.717, 1.165) is 11.1 Å². The topological polar surface area (TPSA) is 75.3 Å². The molecular formula is C19H25NO6. The van der Waals surface area contributed by atoms with E-state index in [1.54, 1.807) is 26.4 Å². The predicted octanol–water partition coefficient (Wildman–Crippen LogP) is 2.87. The molecule has 1 aromatic rings. The molecule has 0 saturated carbocycles. The van der Waals surface area contributed by atoms with Gasteiger partial charge in [-0.25, -0.2) is 4.79 Å². The van der Waals surface area contributed by atoms with Crippen molar-refractivity contribution in [3.8, 4) is 17.2 Å². The minimum absolute atomic E-state index is 0.103. The Kier molecular flexibility index (Phi) is 6.91. The van der Waals surface area contributed by atoms with Crippen molar-refractivity contribution in [2.45, 2.75) is 6.04 Å². The number of hydrogen-bond acceptors (Lipinski definition) is 6. The Labute approximate surface area is 153 Å². The van der Waals surface area contributed by atoms with E-state index in [1.807, 2.05) is 0 Å². The number of rotatable bonds is 8. The molecule has 2 rings (SSSR count). The van der Waals surface area contributed by atoms with Crippen LogP contribution in [0.4, 0.5) is 4.79 Å². The Morgan fingerprint density at radius 3 is 2.42 bits per heavy atom. The number of alkyl carbamates (subject to hydrolysis) is 1.